The van der Waals surface area contributed by atoms with Gasteiger partial charge in [-0.05, 0) is 31.2 Å². The quantitative estimate of drug-likeness (QED) is 0.562. The number of nitrogens with zero attached hydrogens (tertiary/aromatic N) is 3. The van der Waals surface area contributed by atoms with Crippen LogP contribution < -0.4 is 5.32 Å². The Hall–Kier alpha value is -2.22. The molecule has 0 radical (unpaired) electrons. The summed E-state index contributed by atoms with van der Waals surface area (Å²) in [5.41, 5.74) is 1.71. The number of nitrogens with one attached hydrogen (secondary N) is 1. The highest BCUT2D eigenvalue weighted by Gasteiger charge is 2.16. The van der Waals surface area contributed by atoms with Gasteiger partial charge in [-0.1, -0.05) is 35.1 Å². The van der Waals surface area contributed by atoms with Gasteiger partial charge in [-0.25, -0.2) is 4.98 Å². The summed E-state index contributed by atoms with van der Waals surface area (Å²) in [7, 11) is 0. The minimum atomic E-state index is -0.214. The minimum Gasteiger partial charge on any atom is -0.306 e. The van der Waals surface area contributed by atoms with Crippen molar-refractivity contribution in [3.63, 3.8) is 0 Å². The van der Waals surface area contributed by atoms with Gasteiger partial charge in [0.25, 0.3) is 5.91 Å². The molecule has 0 fully saturated rings. The number of para-hydroxylation sites is 1. The summed E-state index contributed by atoms with van der Waals surface area (Å²) in [6.07, 6.45) is 0. The van der Waals surface area contributed by atoms with Gasteiger partial charge in [-0.15, -0.1) is 11.3 Å². The van der Waals surface area contributed by atoms with Crippen LogP contribution in [0.1, 0.15) is 15.4 Å². The second-order valence-electron chi connectivity index (χ2n) is 5.10. The number of aromatic nitrogens is 3. The maximum atomic E-state index is 12.4. The molecule has 0 saturated heterocycles. The number of fused-ring (bicyclic) bond motifs is 1. The monoisotopic (exact) mass is 374 g/mol. The van der Waals surface area contributed by atoms with E-state index in [4.69, 9.17) is 11.6 Å². The number of benzene rings is 1. The van der Waals surface area contributed by atoms with Gasteiger partial charge in [0.2, 0.25) is 5.13 Å². The van der Waals surface area contributed by atoms with Crippen LogP contribution in [0.3, 0.4) is 0 Å². The lowest BCUT2D eigenvalue weighted by Crippen LogP contribution is -2.13. The molecule has 0 bridgehead atoms. The van der Waals surface area contributed by atoms with E-state index in [1.165, 1.54) is 22.7 Å². The average Bonchev–Trinajstić information content (AvgIpc) is 3.25. The minimum absolute atomic E-state index is 0.214. The smallest absolute Gasteiger partial charge is 0.266 e. The molecule has 3 heterocycles. The van der Waals surface area contributed by atoms with E-state index in [9.17, 15) is 4.79 Å². The number of carbonyl (C=O) groups excluding carboxylic acids is 1. The van der Waals surface area contributed by atoms with Crippen LogP contribution in [0, 0.1) is 6.92 Å². The predicted octanol–water partition coefficient (Wildman–Crippen LogP) is 4.76. The van der Waals surface area contributed by atoms with Crippen molar-refractivity contribution in [1.82, 2.24) is 14.8 Å². The van der Waals surface area contributed by atoms with Gasteiger partial charge in [0, 0.05) is 6.07 Å². The Morgan fingerprint density at radius 2 is 2.04 bits per heavy atom. The second kappa shape index (κ2) is 6.01. The van der Waals surface area contributed by atoms with Crippen LogP contribution in [-0.2, 0) is 0 Å². The van der Waals surface area contributed by atoms with Crippen molar-refractivity contribution in [3.8, 4) is 5.13 Å². The Morgan fingerprint density at radius 3 is 2.79 bits per heavy atom. The lowest BCUT2D eigenvalue weighted by atomic mass is 10.3. The van der Waals surface area contributed by atoms with Crippen LogP contribution in [0.15, 0.2) is 42.5 Å². The Balaban J connectivity index is 1.71. The average molecular weight is 375 g/mol. The third kappa shape index (κ3) is 2.82. The van der Waals surface area contributed by atoms with Gasteiger partial charge in [0.05, 0.1) is 25.1 Å². The number of anilines is 1. The Morgan fingerprint density at radius 1 is 1.21 bits per heavy atom. The number of aryl methyl sites for hydroxylation is 1. The number of thiophene rings is 1. The molecule has 1 amide bonds. The summed E-state index contributed by atoms with van der Waals surface area (Å²) < 4.78 is 3.31. The van der Waals surface area contributed by atoms with E-state index in [1.807, 2.05) is 37.3 Å². The van der Waals surface area contributed by atoms with Crippen LogP contribution in [0.5, 0.6) is 0 Å². The molecule has 8 heteroatoms. The molecule has 0 aliphatic carbocycles. The molecule has 0 atom stereocenters. The van der Waals surface area contributed by atoms with Crippen molar-refractivity contribution >= 4 is 56.2 Å². The van der Waals surface area contributed by atoms with Crippen LogP contribution >= 0.6 is 34.3 Å². The predicted molar refractivity (Wildman–Crippen MR) is 98.8 cm³/mol. The fourth-order valence-corrected chi connectivity index (χ4v) is 4.17. The lowest BCUT2D eigenvalue weighted by molar-refractivity contribution is 0.103. The lowest BCUT2D eigenvalue weighted by Gasteiger charge is -2.04. The SMILES string of the molecule is Cc1cc(NC(=O)c2ccc(Cl)s2)n(-c2nc3ccccc3s2)n1. The Kier molecular flexibility index (Phi) is 3.84. The molecule has 0 aliphatic heterocycles. The standard InChI is InChI=1S/C16H11ClN4OS2/c1-9-8-14(19-15(22)12-6-7-13(17)23-12)21(20-9)16-18-10-4-2-3-5-11(10)24-16/h2-8H,1H3,(H,19,22). The Bertz CT molecular complexity index is 1020. The number of thiazole rings is 1. The number of rotatable bonds is 3. The maximum Gasteiger partial charge on any atom is 0.266 e. The highest BCUT2D eigenvalue weighted by Crippen LogP contribution is 2.28. The molecule has 1 N–H and O–H groups in total. The molecule has 0 spiro atoms. The zero-order chi connectivity index (χ0) is 16.7. The van der Waals surface area contributed by atoms with Crippen molar-refractivity contribution in [2.45, 2.75) is 6.92 Å². The first-order valence-electron chi connectivity index (χ1n) is 7.09. The summed E-state index contributed by atoms with van der Waals surface area (Å²) in [4.78, 5) is 17.5. The summed E-state index contributed by atoms with van der Waals surface area (Å²) in [6, 6.07) is 13.1. The molecule has 0 aliphatic rings. The molecule has 4 rings (SSSR count). The topological polar surface area (TPSA) is 59.8 Å². The van der Waals surface area contributed by atoms with Crippen molar-refractivity contribution in [1.29, 1.82) is 0 Å². The van der Waals surface area contributed by atoms with E-state index < -0.39 is 0 Å². The molecule has 0 saturated carbocycles. The van der Waals surface area contributed by atoms with Gasteiger partial charge >= 0.3 is 0 Å². The summed E-state index contributed by atoms with van der Waals surface area (Å²) in [5, 5.41) is 8.05. The van der Waals surface area contributed by atoms with Crippen molar-refractivity contribution in [2.75, 3.05) is 5.32 Å². The molecule has 24 heavy (non-hydrogen) atoms. The van der Waals surface area contributed by atoms with Gasteiger partial charge in [0.1, 0.15) is 5.82 Å². The number of carbonyl (C=O) groups is 1. The first-order valence-corrected chi connectivity index (χ1v) is 9.10. The maximum absolute atomic E-state index is 12.4. The van der Waals surface area contributed by atoms with Crippen molar-refractivity contribution in [3.05, 3.63) is 57.4 Å². The van der Waals surface area contributed by atoms with E-state index in [2.05, 4.69) is 15.4 Å². The summed E-state index contributed by atoms with van der Waals surface area (Å²) in [6.45, 7) is 1.88. The largest absolute Gasteiger partial charge is 0.306 e. The third-order valence-electron chi connectivity index (χ3n) is 3.33. The zero-order valence-corrected chi connectivity index (χ0v) is 14.9. The fraction of sp³-hybridized carbons (Fsp3) is 0.0625. The second-order valence-corrected chi connectivity index (χ2v) is 7.83. The molecular weight excluding hydrogens is 364 g/mol. The van der Waals surface area contributed by atoms with Crippen molar-refractivity contribution < 1.29 is 4.79 Å². The highest BCUT2D eigenvalue weighted by molar-refractivity contribution is 7.20. The molecule has 4 aromatic rings. The Labute approximate surface area is 150 Å². The first-order chi connectivity index (χ1) is 11.6. The third-order valence-corrected chi connectivity index (χ3v) is 5.58. The molecule has 0 unspecified atom stereocenters. The van der Waals surface area contributed by atoms with Crippen LogP contribution in [0.4, 0.5) is 5.82 Å². The van der Waals surface area contributed by atoms with Gasteiger partial charge in [-0.2, -0.15) is 9.78 Å². The molecular formula is C16H11ClN4OS2. The van der Waals surface area contributed by atoms with E-state index in [1.54, 1.807) is 16.8 Å². The van der Waals surface area contributed by atoms with E-state index in [0.29, 0.717) is 20.2 Å². The van der Waals surface area contributed by atoms with Gasteiger partial charge in [-0.3, -0.25) is 4.79 Å². The van der Waals surface area contributed by atoms with Crippen LogP contribution in [0.25, 0.3) is 15.3 Å². The number of amides is 1. The normalized spacial score (nSPS) is 11.1. The van der Waals surface area contributed by atoms with Crippen LogP contribution in [0.2, 0.25) is 4.34 Å². The zero-order valence-electron chi connectivity index (χ0n) is 12.5. The molecule has 5 nitrogen and oxygen atoms in total. The highest BCUT2D eigenvalue weighted by atomic mass is 35.5. The first kappa shape index (κ1) is 15.3. The summed E-state index contributed by atoms with van der Waals surface area (Å²) in [5.74, 6) is 0.371. The van der Waals surface area contributed by atoms with Crippen molar-refractivity contribution in [2.24, 2.45) is 0 Å². The molecule has 3 aromatic heterocycles. The number of hydrogen-bond acceptors (Lipinski definition) is 5. The number of hydrogen-bond donors (Lipinski definition) is 1. The van der Waals surface area contributed by atoms with Gasteiger partial charge < -0.3 is 5.32 Å². The van der Waals surface area contributed by atoms with Crippen LogP contribution in [-0.4, -0.2) is 20.7 Å². The van der Waals surface area contributed by atoms with E-state index >= 15 is 0 Å². The number of halogens is 1. The summed E-state index contributed by atoms with van der Waals surface area (Å²) >= 11 is 8.66. The van der Waals surface area contributed by atoms with E-state index in [0.717, 1.165) is 15.9 Å². The van der Waals surface area contributed by atoms with Gasteiger partial charge in [0.15, 0.2) is 0 Å². The van der Waals surface area contributed by atoms with E-state index in [-0.39, 0.29) is 5.91 Å². The fourth-order valence-electron chi connectivity index (χ4n) is 2.30. The molecule has 1 aromatic carbocycles. The molecule has 120 valence electrons.